The van der Waals surface area contributed by atoms with Crippen LogP contribution in [0.5, 0.6) is 5.75 Å². The Kier molecular flexibility index (Phi) is 5.88. The number of rotatable bonds is 5. The molecular formula is C15H11Cl3N2O4. The minimum absolute atomic E-state index is 0.0655. The normalized spacial score (nSPS) is 11.7. The van der Waals surface area contributed by atoms with Gasteiger partial charge in [-0.05, 0) is 37.3 Å². The third kappa shape index (κ3) is 4.50. The molecule has 0 fully saturated rings. The Labute approximate surface area is 152 Å². The van der Waals surface area contributed by atoms with E-state index in [1.165, 1.54) is 31.2 Å². The minimum atomic E-state index is -1.01. The van der Waals surface area contributed by atoms with Crippen molar-refractivity contribution in [3.8, 4) is 5.75 Å². The molecule has 24 heavy (non-hydrogen) atoms. The second-order valence-electron chi connectivity index (χ2n) is 4.74. The van der Waals surface area contributed by atoms with Crippen LogP contribution in [-0.2, 0) is 4.79 Å². The molecule has 0 spiro atoms. The van der Waals surface area contributed by atoms with Crippen LogP contribution in [0, 0.1) is 10.1 Å². The van der Waals surface area contributed by atoms with Crippen molar-refractivity contribution in [1.29, 1.82) is 0 Å². The van der Waals surface area contributed by atoms with Crippen LogP contribution >= 0.6 is 34.8 Å². The number of nitro groups is 1. The van der Waals surface area contributed by atoms with Gasteiger partial charge in [0.15, 0.2) is 11.9 Å². The van der Waals surface area contributed by atoms with Gasteiger partial charge >= 0.3 is 5.69 Å². The van der Waals surface area contributed by atoms with Crippen molar-refractivity contribution in [2.75, 3.05) is 5.32 Å². The molecule has 0 heterocycles. The molecule has 2 aromatic carbocycles. The van der Waals surface area contributed by atoms with Crippen molar-refractivity contribution in [1.82, 2.24) is 0 Å². The molecule has 1 amide bonds. The van der Waals surface area contributed by atoms with E-state index in [1.807, 2.05) is 0 Å². The van der Waals surface area contributed by atoms with Gasteiger partial charge in [-0.15, -0.1) is 0 Å². The van der Waals surface area contributed by atoms with E-state index in [9.17, 15) is 14.9 Å². The van der Waals surface area contributed by atoms with E-state index in [0.29, 0.717) is 15.7 Å². The molecule has 0 saturated heterocycles. The summed E-state index contributed by atoms with van der Waals surface area (Å²) in [6.07, 6.45) is -1.01. The van der Waals surface area contributed by atoms with Crippen LogP contribution in [0.25, 0.3) is 0 Å². The van der Waals surface area contributed by atoms with E-state index in [-0.39, 0.29) is 16.5 Å². The highest BCUT2D eigenvalue weighted by Crippen LogP contribution is 2.31. The van der Waals surface area contributed by atoms with Gasteiger partial charge in [-0.3, -0.25) is 14.9 Å². The Morgan fingerprint density at radius 2 is 1.79 bits per heavy atom. The number of hydrogen-bond acceptors (Lipinski definition) is 4. The molecular weight excluding hydrogens is 379 g/mol. The monoisotopic (exact) mass is 388 g/mol. The summed E-state index contributed by atoms with van der Waals surface area (Å²) in [4.78, 5) is 22.6. The highest BCUT2D eigenvalue weighted by atomic mass is 35.5. The van der Waals surface area contributed by atoms with Gasteiger partial charge in [0.2, 0.25) is 0 Å². The van der Waals surface area contributed by atoms with E-state index in [4.69, 9.17) is 39.5 Å². The molecule has 0 aliphatic heterocycles. The molecule has 1 N–H and O–H groups in total. The maximum Gasteiger partial charge on any atom is 0.312 e. The largest absolute Gasteiger partial charge is 0.474 e. The topological polar surface area (TPSA) is 81.5 Å². The summed E-state index contributed by atoms with van der Waals surface area (Å²) in [6, 6.07) is 8.51. The van der Waals surface area contributed by atoms with Gasteiger partial charge in [0, 0.05) is 16.1 Å². The van der Waals surface area contributed by atoms with Crippen LogP contribution in [0.3, 0.4) is 0 Å². The van der Waals surface area contributed by atoms with E-state index >= 15 is 0 Å². The fraction of sp³-hybridized carbons (Fsp3) is 0.133. The summed E-state index contributed by atoms with van der Waals surface area (Å²) < 4.78 is 5.38. The molecule has 0 unspecified atom stereocenters. The van der Waals surface area contributed by atoms with Crippen molar-refractivity contribution in [2.45, 2.75) is 13.0 Å². The van der Waals surface area contributed by atoms with Crippen LogP contribution in [0.15, 0.2) is 36.4 Å². The van der Waals surface area contributed by atoms with Crippen molar-refractivity contribution < 1.29 is 14.5 Å². The van der Waals surface area contributed by atoms with Crippen molar-refractivity contribution in [3.63, 3.8) is 0 Å². The average molecular weight is 390 g/mol. The van der Waals surface area contributed by atoms with Gasteiger partial charge < -0.3 is 10.1 Å². The third-order valence-corrected chi connectivity index (χ3v) is 3.78. The Morgan fingerprint density at radius 3 is 2.46 bits per heavy atom. The van der Waals surface area contributed by atoms with Gasteiger partial charge in [-0.2, -0.15) is 0 Å². The minimum Gasteiger partial charge on any atom is -0.474 e. The second kappa shape index (κ2) is 7.70. The Bertz CT molecular complexity index is 798. The third-order valence-electron chi connectivity index (χ3n) is 2.98. The summed E-state index contributed by atoms with van der Waals surface area (Å²) in [5, 5.41) is 14.5. The molecule has 0 bridgehead atoms. The lowest BCUT2D eigenvalue weighted by molar-refractivity contribution is -0.386. The van der Waals surface area contributed by atoms with Gasteiger partial charge in [-0.1, -0.05) is 34.8 Å². The summed E-state index contributed by atoms with van der Waals surface area (Å²) in [5.74, 6) is -0.604. The standard InChI is InChI=1S/C15H11Cl3N2O4/c1-8(15(21)19-12-6-9(16)2-4-11(12)18)24-14-5-3-10(17)7-13(14)20(22)23/h2-8H,1H3,(H,19,21)/t8-/m0/s1. The predicted molar refractivity (Wildman–Crippen MR) is 93.3 cm³/mol. The zero-order valence-electron chi connectivity index (χ0n) is 12.3. The van der Waals surface area contributed by atoms with E-state index in [2.05, 4.69) is 5.32 Å². The SMILES string of the molecule is C[C@H](Oc1ccc(Cl)cc1[N+](=O)[O-])C(=O)Nc1cc(Cl)ccc1Cl. The number of carbonyl (C=O) groups excluding carboxylic acids is 1. The molecule has 0 aromatic heterocycles. The smallest absolute Gasteiger partial charge is 0.312 e. The first kappa shape index (κ1) is 18.3. The van der Waals surface area contributed by atoms with Gasteiger partial charge in [0.05, 0.1) is 15.6 Å². The number of nitro benzene ring substituents is 1. The molecule has 0 saturated carbocycles. The zero-order chi connectivity index (χ0) is 17.9. The number of nitrogens with one attached hydrogen (secondary N) is 1. The predicted octanol–water partition coefficient (Wildman–Crippen LogP) is 4.96. The molecule has 126 valence electrons. The number of ether oxygens (including phenoxy) is 1. The molecule has 6 nitrogen and oxygen atoms in total. The molecule has 0 aliphatic carbocycles. The van der Waals surface area contributed by atoms with Gasteiger partial charge in [0.1, 0.15) is 0 Å². The van der Waals surface area contributed by atoms with Gasteiger partial charge in [-0.25, -0.2) is 0 Å². The van der Waals surface area contributed by atoms with E-state index < -0.39 is 16.9 Å². The molecule has 2 rings (SSSR count). The maximum atomic E-state index is 12.2. The first-order valence-corrected chi connectivity index (χ1v) is 7.78. The molecule has 9 heteroatoms. The highest BCUT2D eigenvalue weighted by molar-refractivity contribution is 6.35. The maximum absolute atomic E-state index is 12.2. The molecule has 0 radical (unpaired) electrons. The first-order chi connectivity index (χ1) is 11.3. The second-order valence-corrected chi connectivity index (χ2v) is 6.02. The van der Waals surface area contributed by atoms with Crippen LogP contribution in [0.2, 0.25) is 15.1 Å². The van der Waals surface area contributed by atoms with Crippen LogP contribution in [0.1, 0.15) is 6.92 Å². The summed E-state index contributed by atoms with van der Waals surface area (Å²) in [7, 11) is 0. The Morgan fingerprint density at radius 1 is 1.17 bits per heavy atom. The number of carbonyl (C=O) groups is 1. The van der Waals surface area contributed by atoms with E-state index in [0.717, 1.165) is 6.07 Å². The fourth-order valence-corrected chi connectivity index (χ4v) is 2.31. The lowest BCUT2D eigenvalue weighted by Crippen LogP contribution is -2.30. The quantitative estimate of drug-likeness (QED) is 0.579. The van der Waals surface area contributed by atoms with Crippen LogP contribution in [0.4, 0.5) is 11.4 Å². The number of hydrogen-bond donors (Lipinski definition) is 1. The number of amides is 1. The first-order valence-electron chi connectivity index (χ1n) is 6.64. The zero-order valence-corrected chi connectivity index (χ0v) is 14.5. The van der Waals surface area contributed by atoms with Crippen molar-refractivity contribution in [3.05, 3.63) is 61.6 Å². The van der Waals surface area contributed by atoms with Gasteiger partial charge in [0.25, 0.3) is 5.91 Å². The lowest BCUT2D eigenvalue weighted by atomic mass is 10.2. The number of benzene rings is 2. The number of halogens is 3. The van der Waals surface area contributed by atoms with Crippen molar-refractivity contribution >= 4 is 52.1 Å². The number of anilines is 1. The summed E-state index contributed by atoms with van der Waals surface area (Å²) in [6.45, 7) is 1.45. The van der Waals surface area contributed by atoms with Crippen molar-refractivity contribution in [2.24, 2.45) is 0 Å². The average Bonchev–Trinajstić information content (AvgIpc) is 2.52. The lowest BCUT2D eigenvalue weighted by Gasteiger charge is -2.15. The van der Waals surface area contributed by atoms with E-state index in [1.54, 1.807) is 6.07 Å². The molecule has 2 aromatic rings. The molecule has 0 aliphatic rings. The number of nitrogens with zero attached hydrogens (tertiary/aromatic N) is 1. The summed E-state index contributed by atoms with van der Waals surface area (Å²) in [5.41, 5.74) is -0.0156. The van der Waals surface area contributed by atoms with Crippen LogP contribution < -0.4 is 10.1 Å². The fourth-order valence-electron chi connectivity index (χ4n) is 1.80. The van der Waals surface area contributed by atoms with Crippen LogP contribution in [-0.4, -0.2) is 16.9 Å². The molecule has 1 atom stereocenters. The highest BCUT2D eigenvalue weighted by Gasteiger charge is 2.22. The Hall–Kier alpha value is -2.02. The summed E-state index contributed by atoms with van der Waals surface area (Å²) >= 11 is 17.6. The Balaban J connectivity index is 2.15.